The van der Waals surface area contributed by atoms with Crippen LogP contribution in [-0.2, 0) is 30.2 Å². The van der Waals surface area contributed by atoms with E-state index in [1.54, 1.807) is 6.92 Å². The van der Waals surface area contributed by atoms with E-state index < -0.39 is 36.1 Å². The minimum absolute atomic E-state index is 0.128. The average Bonchev–Trinajstić information content (AvgIpc) is 2.85. The van der Waals surface area contributed by atoms with Gasteiger partial charge in [0.05, 0.1) is 13.2 Å². The molecule has 12 nitrogen and oxygen atoms in total. The minimum Gasteiger partial charge on any atom is -0.480 e. The van der Waals surface area contributed by atoms with Gasteiger partial charge in [-0.2, -0.15) is 0 Å². The number of nitrogens with two attached hydrogens (primary N) is 1. The number of rotatable bonds is 17. The van der Waals surface area contributed by atoms with Crippen LogP contribution < -0.4 is 15.2 Å². The number of carboxylic acids is 1. The van der Waals surface area contributed by atoms with E-state index >= 15 is 0 Å². The standard InChI is InChI=1S/C28H43NO11/c1-6-9-14-35-25(32)39-22-13-12-21(16-23(22)40-26(33)36-15-10-7-2)18-28(29,24(30)31)17-20(5)38-27(34)37-19(4)11-8-3/h12-13,16,19-20H,6-11,14-15,17-18,29H2,1-5H3,(H,30,31)/t19?,20-,28+/m0/s1. The fraction of sp³-hybridized carbons (Fsp3) is 0.643. The third-order valence-electron chi connectivity index (χ3n) is 5.72. The largest absolute Gasteiger partial charge is 0.513 e. The van der Waals surface area contributed by atoms with E-state index in [1.807, 2.05) is 20.8 Å². The molecule has 1 aromatic carbocycles. The lowest BCUT2D eigenvalue weighted by Crippen LogP contribution is -2.52. The average molecular weight is 570 g/mol. The summed E-state index contributed by atoms with van der Waals surface area (Å²) in [5, 5.41) is 9.92. The molecule has 226 valence electrons. The molecular weight excluding hydrogens is 526 g/mol. The Labute approximate surface area is 235 Å². The lowest BCUT2D eigenvalue weighted by Gasteiger charge is -2.28. The van der Waals surface area contributed by atoms with Crippen LogP contribution in [0, 0.1) is 0 Å². The van der Waals surface area contributed by atoms with Crippen molar-refractivity contribution in [3.05, 3.63) is 23.8 Å². The molecule has 0 aliphatic rings. The molecule has 0 heterocycles. The van der Waals surface area contributed by atoms with Crippen LogP contribution in [0.25, 0.3) is 0 Å². The van der Waals surface area contributed by atoms with Crippen LogP contribution >= 0.6 is 0 Å². The Morgan fingerprint density at radius 2 is 1.38 bits per heavy atom. The Hall–Kier alpha value is -3.54. The van der Waals surface area contributed by atoms with Gasteiger partial charge in [0, 0.05) is 12.8 Å². The fourth-order valence-electron chi connectivity index (χ4n) is 3.64. The van der Waals surface area contributed by atoms with Crippen molar-refractivity contribution in [2.24, 2.45) is 5.73 Å². The van der Waals surface area contributed by atoms with Gasteiger partial charge in [-0.1, -0.05) is 46.1 Å². The van der Waals surface area contributed by atoms with Gasteiger partial charge >= 0.3 is 24.4 Å². The number of unbranched alkanes of at least 4 members (excludes halogenated alkanes) is 2. The Bertz CT molecular complexity index is 968. The first-order valence-electron chi connectivity index (χ1n) is 13.7. The Balaban J connectivity index is 3.08. The zero-order chi connectivity index (χ0) is 30.1. The Morgan fingerprint density at radius 3 is 1.90 bits per heavy atom. The second-order valence-corrected chi connectivity index (χ2v) is 9.63. The van der Waals surface area contributed by atoms with Gasteiger partial charge < -0.3 is 39.3 Å². The predicted molar refractivity (Wildman–Crippen MR) is 144 cm³/mol. The van der Waals surface area contributed by atoms with Gasteiger partial charge in [0.15, 0.2) is 11.5 Å². The molecule has 3 atom stereocenters. The van der Waals surface area contributed by atoms with Gasteiger partial charge in [0.25, 0.3) is 0 Å². The zero-order valence-electron chi connectivity index (χ0n) is 24.1. The predicted octanol–water partition coefficient (Wildman–Crippen LogP) is 5.76. The molecule has 0 spiro atoms. The maximum absolute atomic E-state index is 12.2. The van der Waals surface area contributed by atoms with Gasteiger partial charge in [-0.25, -0.2) is 14.4 Å². The summed E-state index contributed by atoms with van der Waals surface area (Å²) in [5.41, 5.74) is 4.73. The molecule has 40 heavy (non-hydrogen) atoms. The van der Waals surface area contributed by atoms with Crippen LogP contribution in [-0.4, -0.2) is 60.5 Å². The number of ether oxygens (including phenoxy) is 6. The highest BCUT2D eigenvalue weighted by Gasteiger charge is 2.37. The van der Waals surface area contributed by atoms with E-state index in [1.165, 1.54) is 25.1 Å². The van der Waals surface area contributed by atoms with Gasteiger partial charge in [0.2, 0.25) is 0 Å². The maximum atomic E-state index is 12.2. The minimum atomic E-state index is -1.87. The summed E-state index contributed by atoms with van der Waals surface area (Å²) in [6.45, 7) is 9.35. The second kappa shape index (κ2) is 17.9. The topological polar surface area (TPSA) is 170 Å². The van der Waals surface area contributed by atoms with Crippen molar-refractivity contribution in [1.29, 1.82) is 0 Å². The molecule has 0 saturated heterocycles. The molecule has 12 heteroatoms. The van der Waals surface area contributed by atoms with Gasteiger partial charge in [0.1, 0.15) is 17.7 Å². The molecule has 0 aliphatic carbocycles. The number of carbonyl (C=O) groups is 4. The second-order valence-electron chi connectivity index (χ2n) is 9.63. The van der Waals surface area contributed by atoms with Crippen molar-refractivity contribution >= 4 is 24.4 Å². The van der Waals surface area contributed by atoms with E-state index in [4.69, 9.17) is 34.2 Å². The molecule has 1 unspecified atom stereocenters. The van der Waals surface area contributed by atoms with Crippen LogP contribution in [0.15, 0.2) is 18.2 Å². The summed E-state index contributed by atoms with van der Waals surface area (Å²) in [6.07, 6.45) is -0.265. The lowest BCUT2D eigenvalue weighted by molar-refractivity contribution is -0.144. The SMILES string of the molecule is CCCCOC(=O)Oc1ccc(C[C@](N)(C[C@H](C)OC(=O)OC(C)CCC)C(=O)O)cc1OC(=O)OCCCC. The van der Waals surface area contributed by atoms with Crippen molar-refractivity contribution in [1.82, 2.24) is 0 Å². The Morgan fingerprint density at radius 1 is 0.825 bits per heavy atom. The molecule has 3 N–H and O–H groups in total. The third-order valence-corrected chi connectivity index (χ3v) is 5.72. The smallest absolute Gasteiger partial charge is 0.480 e. The van der Waals surface area contributed by atoms with Crippen LogP contribution in [0.2, 0.25) is 0 Å². The van der Waals surface area contributed by atoms with E-state index in [-0.39, 0.29) is 43.7 Å². The van der Waals surface area contributed by atoms with Crippen LogP contribution in [0.1, 0.15) is 85.1 Å². The fourth-order valence-corrected chi connectivity index (χ4v) is 3.64. The van der Waals surface area contributed by atoms with E-state index in [0.29, 0.717) is 24.8 Å². The molecule has 0 aliphatic heterocycles. The summed E-state index contributed by atoms with van der Waals surface area (Å²) in [5.74, 6) is -1.65. The number of carboxylic acid groups (broad SMARTS) is 1. The van der Waals surface area contributed by atoms with Crippen LogP contribution in [0.4, 0.5) is 14.4 Å². The summed E-state index contributed by atoms with van der Waals surface area (Å²) < 4.78 is 30.8. The van der Waals surface area contributed by atoms with Crippen molar-refractivity contribution in [2.45, 2.75) is 104 Å². The molecule has 1 aromatic rings. The van der Waals surface area contributed by atoms with Crippen molar-refractivity contribution in [3.63, 3.8) is 0 Å². The monoisotopic (exact) mass is 569 g/mol. The van der Waals surface area contributed by atoms with Crippen molar-refractivity contribution in [2.75, 3.05) is 13.2 Å². The maximum Gasteiger partial charge on any atom is 0.513 e. The third kappa shape index (κ3) is 13.0. The summed E-state index contributed by atoms with van der Waals surface area (Å²) in [6, 6.07) is 4.13. The molecule has 1 rings (SSSR count). The molecule has 0 aromatic heterocycles. The highest BCUT2D eigenvalue weighted by atomic mass is 16.7. The van der Waals surface area contributed by atoms with Crippen molar-refractivity contribution < 1.29 is 52.7 Å². The summed E-state index contributed by atoms with van der Waals surface area (Å²) in [7, 11) is 0. The number of benzene rings is 1. The zero-order valence-corrected chi connectivity index (χ0v) is 24.1. The Kier molecular flexibility index (Phi) is 15.5. The number of carbonyl (C=O) groups excluding carboxylic acids is 3. The summed E-state index contributed by atoms with van der Waals surface area (Å²) >= 11 is 0. The molecule has 0 amide bonds. The quantitative estimate of drug-likeness (QED) is 0.101. The van der Waals surface area contributed by atoms with Gasteiger partial charge in [-0.15, -0.1) is 0 Å². The first-order valence-corrected chi connectivity index (χ1v) is 13.7. The number of hydrogen-bond donors (Lipinski definition) is 2. The van der Waals surface area contributed by atoms with Crippen molar-refractivity contribution in [3.8, 4) is 11.5 Å². The highest BCUT2D eigenvalue weighted by Crippen LogP contribution is 2.31. The van der Waals surface area contributed by atoms with E-state index in [9.17, 15) is 24.3 Å². The van der Waals surface area contributed by atoms with Gasteiger partial charge in [-0.3, -0.25) is 4.79 Å². The molecule has 0 radical (unpaired) electrons. The van der Waals surface area contributed by atoms with Gasteiger partial charge in [-0.05, 0) is 50.8 Å². The van der Waals surface area contributed by atoms with Crippen LogP contribution in [0.3, 0.4) is 0 Å². The van der Waals surface area contributed by atoms with E-state index in [0.717, 1.165) is 19.3 Å². The first kappa shape index (κ1) is 34.5. The number of aliphatic carboxylic acids is 1. The molecule has 0 bridgehead atoms. The molecule has 0 saturated carbocycles. The number of hydrogen-bond acceptors (Lipinski definition) is 11. The lowest BCUT2D eigenvalue weighted by atomic mass is 9.86. The molecular formula is C28H43NO11. The molecule has 0 fully saturated rings. The first-order chi connectivity index (χ1) is 18.9. The van der Waals surface area contributed by atoms with Crippen LogP contribution in [0.5, 0.6) is 11.5 Å². The van der Waals surface area contributed by atoms with E-state index in [2.05, 4.69) is 0 Å². The highest BCUT2D eigenvalue weighted by molar-refractivity contribution is 5.79. The summed E-state index contributed by atoms with van der Waals surface area (Å²) in [4.78, 5) is 48.5. The normalized spacial score (nSPS) is 13.8.